The summed E-state index contributed by atoms with van der Waals surface area (Å²) in [4.78, 5) is 11.9. The topological polar surface area (TPSA) is 38.3 Å². The molecule has 0 aliphatic carbocycles. The van der Waals surface area contributed by atoms with Gasteiger partial charge in [-0.15, -0.1) is 0 Å². The Kier molecular flexibility index (Phi) is 4.79. The van der Waals surface area contributed by atoms with Crippen LogP contribution in [-0.2, 0) is 4.79 Å². The first-order valence-electron chi connectivity index (χ1n) is 6.30. The third-order valence-corrected chi connectivity index (χ3v) is 3.51. The first-order valence-corrected chi connectivity index (χ1v) is 7.10. The van der Waals surface area contributed by atoms with Gasteiger partial charge < -0.3 is 10.1 Å². The van der Waals surface area contributed by atoms with Gasteiger partial charge in [-0.05, 0) is 59.1 Å². The summed E-state index contributed by atoms with van der Waals surface area (Å²) < 4.78 is 6.37. The molecular weight excluding hydrogens is 318 g/mol. The number of ether oxygens (including phenoxy) is 1. The van der Waals surface area contributed by atoms with Crippen molar-refractivity contribution in [2.24, 2.45) is 0 Å². The van der Waals surface area contributed by atoms with Crippen LogP contribution in [0.5, 0.6) is 5.75 Å². The lowest BCUT2D eigenvalue weighted by Gasteiger charge is -2.10. The Morgan fingerprint density at radius 3 is 2.65 bits per heavy atom. The van der Waals surface area contributed by atoms with Crippen molar-refractivity contribution in [3.05, 3.63) is 58.1 Å². The number of carbonyl (C=O) groups excluding carboxylic acids is 1. The van der Waals surface area contributed by atoms with E-state index in [1.165, 1.54) is 0 Å². The van der Waals surface area contributed by atoms with Gasteiger partial charge in [0.1, 0.15) is 5.75 Å². The second kappa shape index (κ2) is 6.57. The highest BCUT2D eigenvalue weighted by Crippen LogP contribution is 2.23. The number of anilines is 1. The molecule has 0 bridgehead atoms. The Labute approximate surface area is 127 Å². The number of hydrogen-bond donors (Lipinski definition) is 1. The maximum absolute atomic E-state index is 11.9. The Hall–Kier alpha value is -1.81. The third-order valence-electron chi connectivity index (χ3n) is 2.85. The van der Waals surface area contributed by atoms with Gasteiger partial charge in [0.05, 0.1) is 5.69 Å². The van der Waals surface area contributed by atoms with Gasteiger partial charge in [0.15, 0.2) is 6.61 Å². The largest absolute Gasteiger partial charge is 0.483 e. The molecule has 20 heavy (non-hydrogen) atoms. The van der Waals surface area contributed by atoms with E-state index in [1.807, 2.05) is 56.3 Å². The Morgan fingerprint density at radius 1 is 1.20 bits per heavy atom. The summed E-state index contributed by atoms with van der Waals surface area (Å²) in [7, 11) is 0. The minimum Gasteiger partial charge on any atom is -0.483 e. The molecule has 2 aromatic rings. The number of para-hydroxylation sites is 1. The molecule has 0 heterocycles. The molecule has 0 saturated carbocycles. The average Bonchev–Trinajstić information content (AvgIpc) is 2.41. The monoisotopic (exact) mass is 333 g/mol. The van der Waals surface area contributed by atoms with Crippen LogP contribution in [0, 0.1) is 13.8 Å². The summed E-state index contributed by atoms with van der Waals surface area (Å²) in [6, 6.07) is 13.4. The smallest absolute Gasteiger partial charge is 0.262 e. The molecule has 0 unspecified atom stereocenters. The summed E-state index contributed by atoms with van der Waals surface area (Å²) in [6.07, 6.45) is 0. The number of hydrogen-bond acceptors (Lipinski definition) is 2. The molecule has 0 atom stereocenters. The fourth-order valence-electron chi connectivity index (χ4n) is 1.77. The highest BCUT2D eigenvalue weighted by Gasteiger charge is 2.07. The van der Waals surface area contributed by atoms with Gasteiger partial charge in [0.2, 0.25) is 0 Å². The van der Waals surface area contributed by atoms with Crippen LogP contribution in [0.25, 0.3) is 0 Å². The molecule has 0 saturated heterocycles. The van der Waals surface area contributed by atoms with Gasteiger partial charge in [0.25, 0.3) is 5.91 Å². The lowest BCUT2D eigenvalue weighted by molar-refractivity contribution is -0.118. The fraction of sp³-hybridized carbons (Fsp3) is 0.188. The molecule has 0 spiro atoms. The summed E-state index contributed by atoms with van der Waals surface area (Å²) >= 11 is 3.43. The molecule has 3 nitrogen and oxygen atoms in total. The minimum atomic E-state index is -0.183. The van der Waals surface area contributed by atoms with Crippen LogP contribution in [-0.4, -0.2) is 12.5 Å². The molecule has 2 rings (SSSR count). The van der Waals surface area contributed by atoms with Crippen molar-refractivity contribution in [1.29, 1.82) is 0 Å². The highest BCUT2D eigenvalue weighted by molar-refractivity contribution is 9.10. The quantitative estimate of drug-likeness (QED) is 0.915. The number of benzene rings is 2. The molecule has 0 aromatic heterocycles. The molecule has 1 amide bonds. The minimum absolute atomic E-state index is 0.00876. The van der Waals surface area contributed by atoms with Crippen molar-refractivity contribution in [2.75, 3.05) is 11.9 Å². The normalized spacial score (nSPS) is 10.2. The molecule has 0 radical (unpaired) electrons. The first-order chi connectivity index (χ1) is 9.56. The SMILES string of the molecule is Cc1ccc(NC(=O)COc2ccccc2C)c(Br)c1. The van der Waals surface area contributed by atoms with Crippen LogP contribution in [0.1, 0.15) is 11.1 Å². The van der Waals surface area contributed by atoms with Gasteiger partial charge in [-0.2, -0.15) is 0 Å². The van der Waals surface area contributed by atoms with E-state index in [0.29, 0.717) is 0 Å². The zero-order valence-corrected chi connectivity index (χ0v) is 13.0. The maximum Gasteiger partial charge on any atom is 0.262 e. The summed E-state index contributed by atoms with van der Waals surface area (Å²) in [5.74, 6) is 0.545. The first kappa shape index (κ1) is 14.6. The second-order valence-corrected chi connectivity index (χ2v) is 5.44. The molecule has 0 aliphatic heterocycles. The van der Waals surface area contributed by atoms with E-state index in [4.69, 9.17) is 4.74 Å². The number of nitrogens with one attached hydrogen (secondary N) is 1. The van der Waals surface area contributed by atoms with Crippen LogP contribution in [0.4, 0.5) is 5.69 Å². The van der Waals surface area contributed by atoms with Gasteiger partial charge >= 0.3 is 0 Å². The Morgan fingerprint density at radius 2 is 1.95 bits per heavy atom. The lowest BCUT2D eigenvalue weighted by Crippen LogP contribution is -2.20. The summed E-state index contributed by atoms with van der Waals surface area (Å²) in [6.45, 7) is 3.94. The van der Waals surface area contributed by atoms with E-state index in [9.17, 15) is 4.79 Å². The zero-order valence-electron chi connectivity index (χ0n) is 11.4. The molecule has 1 N–H and O–H groups in total. The van der Waals surface area contributed by atoms with E-state index in [1.54, 1.807) is 0 Å². The Bertz CT molecular complexity index is 626. The van der Waals surface area contributed by atoms with Crippen LogP contribution < -0.4 is 10.1 Å². The molecule has 0 aliphatic rings. The highest BCUT2D eigenvalue weighted by atomic mass is 79.9. The van der Waals surface area contributed by atoms with E-state index < -0.39 is 0 Å². The fourth-order valence-corrected chi connectivity index (χ4v) is 2.36. The van der Waals surface area contributed by atoms with Gasteiger partial charge in [-0.1, -0.05) is 24.3 Å². The molecule has 0 fully saturated rings. The summed E-state index contributed by atoms with van der Waals surface area (Å²) in [5.41, 5.74) is 2.89. The van der Waals surface area contributed by atoms with Crippen molar-refractivity contribution in [3.63, 3.8) is 0 Å². The number of amides is 1. The lowest BCUT2D eigenvalue weighted by atomic mass is 10.2. The van der Waals surface area contributed by atoms with Crippen LogP contribution >= 0.6 is 15.9 Å². The zero-order chi connectivity index (χ0) is 14.5. The molecule has 104 valence electrons. The number of rotatable bonds is 4. The number of halogens is 1. The van der Waals surface area contributed by atoms with Crippen molar-refractivity contribution in [3.8, 4) is 5.75 Å². The van der Waals surface area contributed by atoms with E-state index in [0.717, 1.165) is 27.0 Å². The molecule has 2 aromatic carbocycles. The van der Waals surface area contributed by atoms with Gasteiger partial charge in [-0.25, -0.2) is 0 Å². The van der Waals surface area contributed by atoms with Crippen molar-refractivity contribution in [1.82, 2.24) is 0 Å². The standard InChI is InChI=1S/C16H16BrNO2/c1-11-7-8-14(13(17)9-11)18-16(19)10-20-15-6-4-3-5-12(15)2/h3-9H,10H2,1-2H3,(H,18,19). The van der Waals surface area contributed by atoms with E-state index in [-0.39, 0.29) is 12.5 Å². The third kappa shape index (κ3) is 3.84. The predicted molar refractivity (Wildman–Crippen MR) is 84.2 cm³/mol. The van der Waals surface area contributed by atoms with Gasteiger partial charge in [0, 0.05) is 4.47 Å². The van der Waals surface area contributed by atoms with Crippen molar-refractivity contribution in [2.45, 2.75) is 13.8 Å². The van der Waals surface area contributed by atoms with Crippen molar-refractivity contribution < 1.29 is 9.53 Å². The van der Waals surface area contributed by atoms with E-state index >= 15 is 0 Å². The van der Waals surface area contributed by atoms with Crippen molar-refractivity contribution >= 4 is 27.5 Å². The second-order valence-electron chi connectivity index (χ2n) is 4.59. The summed E-state index contributed by atoms with van der Waals surface area (Å²) in [5, 5.41) is 2.82. The predicted octanol–water partition coefficient (Wildman–Crippen LogP) is 4.08. The van der Waals surface area contributed by atoms with Crippen LogP contribution in [0.3, 0.4) is 0 Å². The molecular formula is C16H16BrNO2. The van der Waals surface area contributed by atoms with E-state index in [2.05, 4.69) is 21.2 Å². The van der Waals surface area contributed by atoms with Gasteiger partial charge in [-0.3, -0.25) is 4.79 Å². The molecule has 4 heteroatoms. The maximum atomic E-state index is 11.9. The average molecular weight is 334 g/mol. The number of carbonyl (C=O) groups is 1. The Balaban J connectivity index is 1.94. The van der Waals surface area contributed by atoms with Crippen LogP contribution in [0.15, 0.2) is 46.9 Å². The number of aryl methyl sites for hydroxylation is 2. The van der Waals surface area contributed by atoms with Crippen LogP contribution in [0.2, 0.25) is 0 Å².